The molecule has 1 heterocycles. The van der Waals surface area contributed by atoms with Gasteiger partial charge in [0.15, 0.2) is 5.11 Å². The maximum atomic E-state index is 13.4. The first kappa shape index (κ1) is 24.0. The van der Waals surface area contributed by atoms with E-state index in [1.165, 1.54) is 11.0 Å². The van der Waals surface area contributed by atoms with Gasteiger partial charge in [0, 0.05) is 11.4 Å². The van der Waals surface area contributed by atoms with Crippen LogP contribution in [-0.4, -0.2) is 45.5 Å². The zero-order valence-electron chi connectivity index (χ0n) is 17.2. The molecule has 10 heteroatoms. The average Bonchev–Trinajstić information content (AvgIpc) is 2.90. The van der Waals surface area contributed by atoms with E-state index in [1.54, 1.807) is 19.9 Å². The van der Waals surface area contributed by atoms with Crippen molar-refractivity contribution in [2.24, 2.45) is 0 Å². The quantitative estimate of drug-likeness (QED) is 0.405. The van der Waals surface area contributed by atoms with Crippen molar-refractivity contribution in [1.82, 2.24) is 4.90 Å². The van der Waals surface area contributed by atoms with Crippen LogP contribution in [0.2, 0.25) is 0 Å². The number of benzene rings is 1. The molecule has 3 rings (SSSR count). The second-order valence-corrected chi connectivity index (χ2v) is 9.34. The molecule has 1 aliphatic heterocycles. The number of carbonyl (C=O) groups excluding carboxylic acids is 1. The third-order valence-electron chi connectivity index (χ3n) is 5.85. The van der Waals surface area contributed by atoms with Crippen LogP contribution >= 0.6 is 28.1 Å². The van der Waals surface area contributed by atoms with E-state index >= 15 is 0 Å². The van der Waals surface area contributed by atoms with Crippen molar-refractivity contribution < 1.29 is 22.7 Å². The van der Waals surface area contributed by atoms with Crippen molar-refractivity contribution in [1.29, 1.82) is 5.26 Å². The number of rotatable bonds is 5. The normalized spacial score (nSPS) is 23.9. The summed E-state index contributed by atoms with van der Waals surface area (Å²) >= 11 is 8.94. The molecule has 0 bridgehead atoms. The molecule has 1 amide bonds. The molecular weight excluding hydrogens is 495 g/mol. The molecule has 31 heavy (non-hydrogen) atoms. The molecule has 0 spiro atoms. The van der Waals surface area contributed by atoms with Gasteiger partial charge in [-0.2, -0.15) is 18.4 Å². The predicted molar refractivity (Wildman–Crippen MR) is 118 cm³/mol. The topological polar surface area (TPSA) is 56.6 Å². The van der Waals surface area contributed by atoms with Crippen LogP contribution in [0.5, 0.6) is 0 Å². The Balaban J connectivity index is 1.88. The summed E-state index contributed by atoms with van der Waals surface area (Å²) in [5.41, 5.74) is -2.54. The van der Waals surface area contributed by atoms with Gasteiger partial charge in [0.2, 0.25) is 0 Å². The molecule has 1 saturated heterocycles. The number of carbonyl (C=O) groups is 1. The van der Waals surface area contributed by atoms with Gasteiger partial charge >= 0.3 is 6.18 Å². The van der Waals surface area contributed by atoms with Crippen molar-refractivity contribution in [3.8, 4) is 6.07 Å². The summed E-state index contributed by atoms with van der Waals surface area (Å²) in [6, 6.07) is 4.80. The van der Waals surface area contributed by atoms with Gasteiger partial charge in [0.1, 0.15) is 5.54 Å². The van der Waals surface area contributed by atoms with Gasteiger partial charge in [-0.1, -0.05) is 15.9 Å². The summed E-state index contributed by atoms with van der Waals surface area (Å²) in [4.78, 5) is 16.3. The molecule has 0 unspecified atom stereocenters. The Morgan fingerprint density at radius 2 is 1.94 bits per heavy atom. The summed E-state index contributed by atoms with van der Waals surface area (Å²) in [5.74, 6) is -0.381. The standard InChI is InChI=1S/C21H23BrF3N3O2S/c1-20(2)18(29)27(15-4-3-13(12-26)17(11-15)21(23,24)25)19(31)28(20)14-5-7-16(8-6-14)30-10-9-22/h3-4,11,14,16H,5-10H2,1-2H3. The van der Waals surface area contributed by atoms with E-state index in [0.29, 0.717) is 6.61 Å². The lowest BCUT2D eigenvalue weighted by Crippen LogP contribution is -2.51. The van der Waals surface area contributed by atoms with Crippen LogP contribution in [0, 0.1) is 11.3 Å². The van der Waals surface area contributed by atoms with E-state index in [0.717, 1.165) is 43.1 Å². The number of ether oxygens (including phenoxy) is 1. The molecule has 2 aliphatic rings. The Morgan fingerprint density at radius 3 is 2.48 bits per heavy atom. The van der Waals surface area contributed by atoms with Crippen LogP contribution in [0.15, 0.2) is 18.2 Å². The fraction of sp³-hybridized carbons (Fsp3) is 0.571. The van der Waals surface area contributed by atoms with E-state index in [9.17, 15) is 18.0 Å². The molecule has 1 aromatic carbocycles. The van der Waals surface area contributed by atoms with Crippen LogP contribution in [0.3, 0.4) is 0 Å². The van der Waals surface area contributed by atoms with Gasteiger partial charge in [-0.05, 0) is 69.9 Å². The zero-order valence-corrected chi connectivity index (χ0v) is 19.6. The third-order valence-corrected chi connectivity index (χ3v) is 6.56. The minimum absolute atomic E-state index is 0.000684. The van der Waals surface area contributed by atoms with Gasteiger partial charge in [0.05, 0.1) is 35.6 Å². The number of hydrogen-bond acceptors (Lipinski definition) is 4. The average molecular weight is 518 g/mol. The first-order chi connectivity index (χ1) is 14.5. The number of alkyl halides is 4. The number of amides is 1. The van der Waals surface area contributed by atoms with Crippen LogP contribution in [0.25, 0.3) is 0 Å². The molecule has 2 fully saturated rings. The highest BCUT2D eigenvalue weighted by molar-refractivity contribution is 9.09. The second kappa shape index (κ2) is 9.04. The summed E-state index contributed by atoms with van der Waals surface area (Å²) < 4.78 is 46.1. The number of anilines is 1. The molecule has 0 radical (unpaired) electrons. The predicted octanol–water partition coefficient (Wildman–Crippen LogP) is 5.01. The Morgan fingerprint density at radius 1 is 1.29 bits per heavy atom. The molecule has 0 aromatic heterocycles. The zero-order chi connectivity index (χ0) is 23.0. The minimum Gasteiger partial charge on any atom is -0.377 e. The van der Waals surface area contributed by atoms with E-state index in [-0.39, 0.29) is 28.9 Å². The molecule has 0 N–H and O–H groups in total. The molecule has 5 nitrogen and oxygen atoms in total. The molecule has 1 saturated carbocycles. The monoisotopic (exact) mass is 517 g/mol. The molecule has 1 aromatic rings. The maximum absolute atomic E-state index is 13.4. The van der Waals surface area contributed by atoms with Gasteiger partial charge in [-0.25, -0.2) is 0 Å². The van der Waals surface area contributed by atoms with Gasteiger partial charge in [-0.3, -0.25) is 9.69 Å². The fourth-order valence-corrected chi connectivity index (χ4v) is 5.09. The van der Waals surface area contributed by atoms with Crippen molar-refractivity contribution in [3.05, 3.63) is 29.3 Å². The third kappa shape index (κ3) is 4.59. The van der Waals surface area contributed by atoms with Crippen LogP contribution in [-0.2, 0) is 15.7 Å². The highest BCUT2D eigenvalue weighted by atomic mass is 79.9. The molecule has 1 aliphatic carbocycles. The van der Waals surface area contributed by atoms with E-state index < -0.39 is 22.8 Å². The van der Waals surface area contributed by atoms with Crippen LogP contribution in [0.4, 0.5) is 18.9 Å². The van der Waals surface area contributed by atoms with E-state index in [1.807, 2.05) is 4.90 Å². The van der Waals surface area contributed by atoms with Crippen LogP contribution < -0.4 is 4.90 Å². The second-order valence-electron chi connectivity index (χ2n) is 8.18. The van der Waals surface area contributed by atoms with Gasteiger partial charge in [0.25, 0.3) is 5.91 Å². The molecular formula is C21H23BrF3N3O2S. The summed E-state index contributed by atoms with van der Waals surface area (Å²) in [7, 11) is 0. The van der Waals surface area contributed by atoms with E-state index in [4.69, 9.17) is 22.2 Å². The highest BCUT2D eigenvalue weighted by Gasteiger charge is 2.52. The number of nitriles is 1. The minimum atomic E-state index is -4.71. The highest BCUT2D eigenvalue weighted by Crippen LogP contribution is 2.40. The maximum Gasteiger partial charge on any atom is 0.417 e. The van der Waals surface area contributed by atoms with Crippen LogP contribution in [0.1, 0.15) is 50.7 Å². The Kier molecular flexibility index (Phi) is 6.99. The van der Waals surface area contributed by atoms with Gasteiger partial charge in [-0.15, -0.1) is 0 Å². The SMILES string of the molecule is CC1(C)C(=O)N(c2ccc(C#N)c(C(F)(F)F)c2)C(=S)N1C1CCC(OCCBr)CC1. The van der Waals surface area contributed by atoms with Crippen molar-refractivity contribution >= 4 is 44.9 Å². The number of halogens is 4. The smallest absolute Gasteiger partial charge is 0.377 e. The summed E-state index contributed by atoms with van der Waals surface area (Å²) in [5, 5.41) is 10.00. The Labute approximate surface area is 193 Å². The number of nitrogens with zero attached hydrogens (tertiary/aromatic N) is 3. The van der Waals surface area contributed by atoms with Crippen molar-refractivity contribution in [3.63, 3.8) is 0 Å². The largest absolute Gasteiger partial charge is 0.417 e. The van der Waals surface area contributed by atoms with Crippen molar-refractivity contribution in [2.75, 3.05) is 16.8 Å². The Bertz CT molecular complexity index is 908. The fourth-order valence-electron chi connectivity index (χ4n) is 4.34. The number of hydrogen-bond donors (Lipinski definition) is 0. The number of thiocarbonyl (C=S) groups is 1. The van der Waals surface area contributed by atoms with Gasteiger partial charge < -0.3 is 9.64 Å². The van der Waals surface area contributed by atoms with Crippen molar-refractivity contribution in [2.45, 2.75) is 63.4 Å². The van der Waals surface area contributed by atoms with E-state index in [2.05, 4.69) is 15.9 Å². The lowest BCUT2D eigenvalue weighted by atomic mass is 9.89. The lowest BCUT2D eigenvalue weighted by molar-refractivity contribution is -0.137. The first-order valence-electron chi connectivity index (χ1n) is 9.99. The first-order valence-corrected chi connectivity index (χ1v) is 11.5. The Hall–Kier alpha value is -1.70. The summed E-state index contributed by atoms with van der Waals surface area (Å²) in [6.07, 6.45) is -1.34. The lowest BCUT2D eigenvalue weighted by Gasteiger charge is -2.40. The summed E-state index contributed by atoms with van der Waals surface area (Å²) in [6.45, 7) is 4.11. The molecule has 168 valence electrons. The molecule has 0 atom stereocenters.